The van der Waals surface area contributed by atoms with Crippen molar-refractivity contribution in [2.75, 3.05) is 0 Å². The first-order valence-electron chi connectivity index (χ1n) is 8.73. The molecule has 144 valence electrons. The van der Waals surface area contributed by atoms with E-state index >= 15 is 0 Å². The Kier molecular flexibility index (Phi) is 5.75. The molecular formula is C20H20ClN5O2. The lowest BCUT2D eigenvalue weighted by Crippen LogP contribution is -2.36. The van der Waals surface area contributed by atoms with Crippen LogP contribution >= 0.6 is 11.6 Å². The van der Waals surface area contributed by atoms with E-state index in [1.165, 1.54) is 15.4 Å². The molecule has 0 bridgehead atoms. The van der Waals surface area contributed by atoms with Crippen LogP contribution in [0, 0.1) is 0 Å². The summed E-state index contributed by atoms with van der Waals surface area (Å²) < 4.78 is 2.55. The highest BCUT2D eigenvalue weighted by Gasteiger charge is 2.19. The minimum Gasteiger partial charge on any atom is -0.352 e. The molecule has 0 saturated heterocycles. The normalized spacial score (nSPS) is 10.9. The van der Waals surface area contributed by atoms with Gasteiger partial charge in [-0.3, -0.25) is 14.3 Å². The fraction of sp³-hybridized carbons (Fsp3) is 0.200. The Hall–Kier alpha value is -3.19. The van der Waals surface area contributed by atoms with Crippen molar-refractivity contribution in [3.05, 3.63) is 70.4 Å². The molecule has 0 aliphatic carbocycles. The number of hydrogen-bond acceptors (Lipinski definition) is 4. The Balaban J connectivity index is 2.12. The summed E-state index contributed by atoms with van der Waals surface area (Å²) in [5.74, 6) is 0.0688. The molecule has 3 aromatic rings. The van der Waals surface area contributed by atoms with E-state index in [0.717, 1.165) is 0 Å². The van der Waals surface area contributed by atoms with Crippen LogP contribution in [0.5, 0.6) is 0 Å². The molecule has 0 radical (unpaired) electrons. The van der Waals surface area contributed by atoms with Crippen molar-refractivity contribution in [2.24, 2.45) is 0 Å². The number of carbonyl (C=O) groups is 1. The number of nitrogens with one attached hydrogen (secondary N) is 1. The number of carbonyl (C=O) groups excluding carboxylic acids is 1. The minimum absolute atomic E-state index is 0.0384. The predicted molar refractivity (Wildman–Crippen MR) is 109 cm³/mol. The van der Waals surface area contributed by atoms with Gasteiger partial charge in [0.25, 0.3) is 0 Å². The third-order valence-electron chi connectivity index (χ3n) is 3.92. The fourth-order valence-corrected chi connectivity index (χ4v) is 2.89. The highest BCUT2D eigenvalue weighted by Crippen LogP contribution is 2.21. The molecule has 0 atom stereocenters. The van der Waals surface area contributed by atoms with E-state index in [4.69, 9.17) is 11.6 Å². The van der Waals surface area contributed by atoms with Gasteiger partial charge in [0.1, 0.15) is 6.54 Å². The zero-order valence-corrected chi connectivity index (χ0v) is 16.3. The maximum Gasteiger partial charge on any atom is 0.351 e. The van der Waals surface area contributed by atoms with Crippen LogP contribution in [0.4, 0.5) is 0 Å². The van der Waals surface area contributed by atoms with Gasteiger partial charge in [-0.1, -0.05) is 30.3 Å². The first kappa shape index (κ1) is 19.6. The molecule has 0 saturated carbocycles. The van der Waals surface area contributed by atoms with Crippen molar-refractivity contribution >= 4 is 23.6 Å². The van der Waals surface area contributed by atoms with Crippen molar-refractivity contribution in [2.45, 2.75) is 26.4 Å². The summed E-state index contributed by atoms with van der Waals surface area (Å²) in [5, 5.41) is 7.74. The summed E-state index contributed by atoms with van der Waals surface area (Å²) in [6.07, 6.45) is 3.14. The molecule has 2 aromatic heterocycles. The predicted octanol–water partition coefficient (Wildman–Crippen LogP) is 2.92. The van der Waals surface area contributed by atoms with Crippen LogP contribution in [0.25, 0.3) is 23.2 Å². The zero-order valence-electron chi connectivity index (χ0n) is 15.6. The van der Waals surface area contributed by atoms with E-state index in [1.54, 1.807) is 42.5 Å². The van der Waals surface area contributed by atoms with Gasteiger partial charge in [0.05, 0.1) is 17.6 Å². The summed E-state index contributed by atoms with van der Waals surface area (Å²) in [5.41, 5.74) is 1.36. The van der Waals surface area contributed by atoms with Gasteiger partial charge in [0.15, 0.2) is 5.82 Å². The van der Waals surface area contributed by atoms with Gasteiger partial charge in [-0.15, -0.1) is 5.10 Å². The molecule has 0 fully saturated rings. The monoisotopic (exact) mass is 397 g/mol. The standard InChI is InChI=1S/C20H20ClN5O2/c1-4-16-8-9-17(11-22-16)26-20(28)25(12-18(27)23-13(2)3)19(24-26)14-6-5-7-15(21)10-14/h4-11,13H,1,12H2,2-3H3,(H,23,27). The summed E-state index contributed by atoms with van der Waals surface area (Å²) in [6.45, 7) is 7.22. The highest BCUT2D eigenvalue weighted by atomic mass is 35.5. The fourth-order valence-electron chi connectivity index (χ4n) is 2.70. The van der Waals surface area contributed by atoms with Crippen LogP contribution in [0.3, 0.4) is 0 Å². The van der Waals surface area contributed by atoms with E-state index in [-0.39, 0.29) is 18.5 Å². The first-order valence-corrected chi connectivity index (χ1v) is 9.11. The summed E-state index contributed by atoms with van der Waals surface area (Å²) >= 11 is 6.10. The molecular weight excluding hydrogens is 378 g/mol. The lowest BCUT2D eigenvalue weighted by molar-refractivity contribution is -0.122. The quantitative estimate of drug-likeness (QED) is 0.693. The van der Waals surface area contributed by atoms with Gasteiger partial charge < -0.3 is 5.32 Å². The van der Waals surface area contributed by atoms with Gasteiger partial charge >= 0.3 is 5.69 Å². The Morgan fingerprint density at radius 1 is 1.32 bits per heavy atom. The van der Waals surface area contributed by atoms with Crippen molar-refractivity contribution in [3.8, 4) is 17.1 Å². The number of pyridine rings is 1. The zero-order chi connectivity index (χ0) is 20.3. The largest absolute Gasteiger partial charge is 0.352 e. The summed E-state index contributed by atoms with van der Waals surface area (Å²) in [7, 11) is 0. The van der Waals surface area contributed by atoms with Gasteiger partial charge in [0, 0.05) is 16.6 Å². The van der Waals surface area contributed by atoms with E-state index < -0.39 is 5.69 Å². The molecule has 0 aliphatic heterocycles. The lowest BCUT2D eigenvalue weighted by Gasteiger charge is -2.09. The third kappa shape index (κ3) is 4.20. The van der Waals surface area contributed by atoms with Gasteiger partial charge in [-0.05, 0) is 44.2 Å². The van der Waals surface area contributed by atoms with Gasteiger partial charge in [-0.2, -0.15) is 4.68 Å². The number of halogens is 1. The van der Waals surface area contributed by atoms with Crippen molar-refractivity contribution in [1.29, 1.82) is 0 Å². The summed E-state index contributed by atoms with van der Waals surface area (Å²) in [6, 6.07) is 10.4. The Bertz CT molecular complexity index is 1070. The Morgan fingerprint density at radius 2 is 2.11 bits per heavy atom. The number of benzene rings is 1. The molecule has 0 aliphatic rings. The number of hydrogen-bond donors (Lipinski definition) is 1. The average Bonchev–Trinajstić information content (AvgIpc) is 2.98. The average molecular weight is 398 g/mol. The minimum atomic E-state index is -0.443. The van der Waals surface area contributed by atoms with Crippen LogP contribution in [-0.2, 0) is 11.3 Å². The molecule has 1 amide bonds. The third-order valence-corrected chi connectivity index (χ3v) is 4.16. The Morgan fingerprint density at radius 3 is 2.71 bits per heavy atom. The Labute approximate surface area is 167 Å². The molecule has 0 unspecified atom stereocenters. The second-order valence-electron chi connectivity index (χ2n) is 6.48. The van der Waals surface area contributed by atoms with Crippen LogP contribution in [0.15, 0.2) is 54.0 Å². The van der Waals surface area contributed by atoms with Gasteiger partial charge in [-0.25, -0.2) is 4.79 Å². The molecule has 1 aromatic carbocycles. The number of aromatic nitrogens is 4. The maximum atomic E-state index is 13.0. The highest BCUT2D eigenvalue weighted by molar-refractivity contribution is 6.30. The van der Waals surface area contributed by atoms with E-state index in [1.807, 2.05) is 13.8 Å². The van der Waals surface area contributed by atoms with Crippen LogP contribution < -0.4 is 11.0 Å². The topological polar surface area (TPSA) is 81.8 Å². The molecule has 0 spiro atoms. The SMILES string of the molecule is C=Cc1ccc(-n2nc(-c3cccc(Cl)c3)n(CC(=O)NC(C)C)c2=O)cn1. The maximum absolute atomic E-state index is 13.0. The van der Waals surface area contributed by atoms with E-state index in [9.17, 15) is 9.59 Å². The number of amides is 1. The summed E-state index contributed by atoms with van der Waals surface area (Å²) in [4.78, 5) is 29.5. The van der Waals surface area contributed by atoms with Crippen LogP contribution in [0.2, 0.25) is 5.02 Å². The number of nitrogens with zero attached hydrogens (tertiary/aromatic N) is 4. The van der Waals surface area contributed by atoms with Crippen LogP contribution in [0.1, 0.15) is 19.5 Å². The van der Waals surface area contributed by atoms with Crippen LogP contribution in [-0.4, -0.2) is 31.3 Å². The molecule has 3 rings (SSSR count). The second kappa shape index (κ2) is 8.22. The lowest BCUT2D eigenvalue weighted by atomic mass is 10.2. The molecule has 28 heavy (non-hydrogen) atoms. The second-order valence-corrected chi connectivity index (χ2v) is 6.92. The molecule has 7 nitrogen and oxygen atoms in total. The molecule has 8 heteroatoms. The molecule has 2 heterocycles. The van der Waals surface area contributed by atoms with Crippen molar-refractivity contribution in [1.82, 2.24) is 24.6 Å². The molecule has 1 N–H and O–H groups in total. The smallest absolute Gasteiger partial charge is 0.351 e. The van der Waals surface area contributed by atoms with E-state index in [2.05, 4.69) is 22.0 Å². The first-order chi connectivity index (χ1) is 13.4. The number of rotatable bonds is 6. The van der Waals surface area contributed by atoms with Gasteiger partial charge in [0.2, 0.25) is 5.91 Å². The van der Waals surface area contributed by atoms with Crippen molar-refractivity contribution < 1.29 is 4.79 Å². The van der Waals surface area contributed by atoms with E-state index in [0.29, 0.717) is 27.8 Å². The van der Waals surface area contributed by atoms with Crippen molar-refractivity contribution in [3.63, 3.8) is 0 Å².